The molecule has 3 aromatic heterocycles. The van der Waals surface area contributed by atoms with Gasteiger partial charge in [-0.2, -0.15) is 21.3 Å². The molecule has 0 aromatic carbocycles. The molecule has 0 fully saturated rings. The van der Waals surface area contributed by atoms with Gasteiger partial charge in [0.15, 0.2) is 11.5 Å². The van der Waals surface area contributed by atoms with Gasteiger partial charge in [0.05, 0.1) is 12.0 Å². The monoisotopic (exact) mass is 288 g/mol. The van der Waals surface area contributed by atoms with E-state index in [9.17, 15) is 0 Å². The molecule has 0 aliphatic carbocycles. The van der Waals surface area contributed by atoms with Crippen molar-refractivity contribution in [3.8, 4) is 0 Å². The Hall–Kier alpha value is -2.15. The molecular weight excluding hydrogens is 272 g/mol. The maximum absolute atomic E-state index is 4.52. The minimum absolute atomic E-state index is 0.538. The first kappa shape index (κ1) is 12.9. The molecule has 0 spiro atoms. The zero-order valence-electron chi connectivity index (χ0n) is 11.3. The van der Waals surface area contributed by atoms with Crippen LogP contribution >= 0.6 is 11.3 Å². The predicted molar refractivity (Wildman–Crippen MR) is 82.6 cm³/mol. The molecule has 0 atom stereocenters. The van der Waals surface area contributed by atoms with Crippen LogP contribution in [0.4, 0.5) is 17.5 Å². The highest BCUT2D eigenvalue weighted by Gasteiger charge is 2.10. The first-order valence-electron chi connectivity index (χ1n) is 6.46. The number of H-pyrrole nitrogens is 1. The maximum Gasteiger partial charge on any atom is 0.231 e. The quantitative estimate of drug-likeness (QED) is 0.672. The van der Waals surface area contributed by atoms with Gasteiger partial charge in [0.25, 0.3) is 0 Å². The lowest BCUT2D eigenvalue weighted by Crippen LogP contribution is -2.11. The van der Waals surface area contributed by atoms with Gasteiger partial charge in [0.1, 0.15) is 5.52 Å². The van der Waals surface area contributed by atoms with E-state index < -0.39 is 0 Å². The molecular formula is C13H16N6S. The fourth-order valence-corrected chi connectivity index (χ4v) is 2.37. The van der Waals surface area contributed by atoms with Crippen LogP contribution in [0.5, 0.6) is 0 Å². The Balaban J connectivity index is 1.92. The lowest BCUT2D eigenvalue weighted by Gasteiger charge is -2.10. The molecule has 3 heterocycles. The summed E-state index contributed by atoms with van der Waals surface area (Å²) in [5, 5.41) is 10.5. The standard InChI is InChI=1S/C13H16N6S/c1-8(2)5-14-11-10-12(16-7-15-10)19-13(18-11)17-9-3-4-20-6-9/h3-4,6-8H,5H2,1-2H3,(H3,14,15,16,17,18,19). The first-order valence-corrected chi connectivity index (χ1v) is 7.41. The van der Waals surface area contributed by atoms with Crippen molar-refractivity contribution in [2.24, 2.45) is 5.92 Å². The molecule has 3 rings (SSSR count). The van der Waals surface area contributed by atoms with E-state index in [0.29, 0.717) is 17.5 Å². The minimum atomic E-state index is 0.538. The number of imidazole rings is 1. The average molecular weight is 288 g/mol. The Morgan fingerprint density at radius 1 is 1.35 bits per heavy atom. The molecule has 0 aliphatic heterocycles. The van der Waals surface area contributed by atoms with Gasteiger partial charge in [-0.15, -0.1) is 0 Å². The van der Waals surface area contributed by atoms with Crippen LogP contribution in [0.25, 0.3) is 11.2 Å². The molecule has 0 saturated heterocycles. The highest BCUT2D eigenvalue weighted by Crippen LogP contribution is 2.22. The minimum Gasteiger partial charge on any atom is -0.368 e. The van der Waals surface area contributed by atoms with Crippen molar-refractivity contribution in [2.75, 3.05) is 17.2 Å². The van der Waals surface area contributed by atoms with Gasteiger partial charge in [-0.05, 0) is 17.4 Å². The summed E-state index contributed by atoms with van der Waals surface area (Å²) >= 11 is 1.63. The van der Waals surface area contributed by atoms with E-state index in [-0.39, 0.29) is 0 Å². The Morgan fingerprint density at radius 3 is 3.00 bits per heavy atom. The SMILES string of the molecule is CC(C)CNc1nc(Nc2ccsc2)nc2nc[nH]c12. The second-order valence-electron chi connectivity index (χ2n) is 4.91. The number of hydrogen-bond acceptors (Lipinski definition) is 6. The third-order valence-electron chi connectivity index (χ3n) is 2.74. The molecule has 0 aliphatic rings. The van der Waals surface area contributed by atoms with E-state index >= 15 is 0 Å². The van der Waals surface area contributed by atoms with Gasteiger partial charge in [-0.1, -0.05) is 13.8 Å². The molecule has 3 N–H and O–H groups in total. The van der Waals surface area contributed by atoms with Crippen molar-refractivity contribution in [3.63, 3.8) is 0 Å². The number of fused-ring (bicyclic) bond motifs is 1. The summed E-state index contributed by atoms with van der Waals surface area (Å²) in [6, 6.07) is 1.99. The molecule has 0 unspecified atom stereocenters. The topological polar surface area (TPSA) is 78.5 Å². The smallest absolute Gasteiger partial charge is 0.231 e. The second-order valence-corrected chi connectivity index (χ2v) is 5.69. The first-order chi connectivity index (χ1) is 9.72. The van der Waals surface area contributed by atoms with Crippen LogP contribution in [-0.2, 0) is 0 Å². The van der Waals surface area contributed by atoms with Crippen LogP contribution in [0.1, 0.15) is 13.8 Å². The molecule has 0 bridgehead atoms. The van der Waals surface area contributed by atoms with E-state index in [1.54, 1.807) is 17.7 Å². The van der Waals surface area contributed by atoms with E-state index in [2.05, 4.69) is 44.4 Å². The highest BCUT2D eigenvalue weighted by molar-refractivity contribution is 7.08. The molecule has 0 radical (unpaired) electrons. The molecule has 7 heteroatoms. The number of thiophene rings is 1. The summed E-state index contributed by atoms with van der Waals surface area (Å²) in [6.45, 7) is 5.16. The van der Waals surface area contributed by atoms with Crippen molar-refractivity contribution >= 4 is 40.0 Å². The van der Waals surface area contributed by atoms with E-state index in [0.717, 1.165) is 23.6 Å². The van der Waals surface area contributed by atoms with Gasteiger partial charge in [0.2, 0.25) is 5.95 Å². The molecule has 104 valence electrons. The van der Waals surface area contributed by atoms with Crippen molar-refractivity contribution < 1.29 is 0 Å². The summed E-state index contributed by atoms with van der Waals surface area (Å²) in [6.07, 6.45) is 1.63. The number of hydrogen-bond donors (Lipinski definition) is 3. The fraction of sp³-hybridized carbons (Fsp3) is 0.308. The molecule has 3 aromatic rings. The fourth-order valence-electron chi connectivity index (χ4n) is 1.78. The molecule has 0 saturated carbocycles. The van der Waals surface area contributed by atoms with Crippen molar-refractivity contribution in [1.29, 1.82) is 0 Å². The van der Waals surface area contributed by atoms with Crippen LogP contribution in [0, 0.1) is 5.92 Å². The third kappa shape index (κ3) is 2.72. The maximum atomic E-state index is 4.52. The summed E-state index contributed by atoms with van der Waals surface area (Å²) in [4.78, 5) is 16.2. The number of aromatic amines is 1. The van der Waals surface area contributed by atoms with Gasteiger partial charge in [-0.3, -0.25) is 0 Å². The van der Waals surface area contributed by atoms with Crippen LogP contribution in [0.3, 0.4) is 0 Å². The zero-order valence-corrected chi connectivity index (χ0v) is 12.2. The Labute approximate surface area is 120 Å². The molecule has 20 heavy (non-hydrogen) atoms. The Morgan fingerprint density at radius 2 is 2.25 bits per heavy atom. The Bertz CT molecular complexity index is 688. The third-order valence-corrected chi connectivity index (χ3v) is 3.42. The van der Waals surface area contributed by atoms with Gasteiger partial charge in [0, 0.05) is 11.9 Å². The van der Waals surface area contributed by atoms with Crippen molar-refractivity contribution in [3.05, 3.63) is 23.2 Å². The lowest BCUT2D eigenvalue weighted by molar-refractivity contribution is 0.687. The van der Waals surface area contributed by atoms with E-state index in [1.165, 1.54) is 0 Å². The van der Waals surface area contributed by atoms with Crippen LogP contribution < -0.4 is 10.6 Å². The summed E-state index contributed by atoms with van der Waals surface area (Å²) < 4.78 is 0. The Kier molecular flexibility index (Phi) is 3.51. The van der Waals surface area contributed by atoms with Gasteiger partial charge in [-0.25, -0.2) is 4.98 Å². The zero-order chi connectivity index (χ0) is 13.9. The number of nitrogens with one attached hydrogen (secondary N) is 3. The summed E-state index contributed by atoms with van der Waals surface area (Å²) in [5.41, 5.74) is 2.48. The van der Waals surface area contributed by atoms with E-state index in [4.69, 9.17) is 0 Å². The number of nitrogens with zero attached hydrogens (tertiary/aromatic N) is 3. The number of anilines is 3. The summed E-state index contributed by atoms with van der Waals surface area (Å²) in [7, 11) is 0. The lowest BCUT2D eigenvalue weighted by atomic mass is 10.2. The van der Waals surface area contributed by atoms with Crippen LogP contribution in [0.2, 0.25) is 0 Å². The summed E-state index contributed by atoms with van der Waals surface area (Å²) in [5.74, 6) is 1.87. The molecule has 6 nitrogen and oxygen atoms in total. The second kappa shape index (κ2) is 5.46. The highest BCUT2D eigenvalue weighted by atomic mass is 32.1. The van der Waals surface area contributed by atoms with Crippen LogP contribution in [-0.4, -0.2) is 26.5 Å². The normalized spacial score (nSPS) is 11.2. The van der Waals surface area contributed by atoms with Crippen molar-refractivity contribution in [1.82, 2.24) is 19.9 Å². The number of aromatic nitrogens is 4. The molecule has 0 amide bonds. The largest absolute Gasteiger partial charge is 0.368 e. The van der Waals surface area contributed by atoms with Gasteiger partial charge >= 0.3 is 0 Å². The number of rotatable bonds is 5. The van der Waals surface area contributed by atoms with Gasteiger partial charge < -0.3 is 15.6 Å². The average Bonchev–Trinajstić information content (AvgIpc) is 3.06. The predicted octanol–water partition coefficient (Wildman–Crippen LogP) is 3.23. The van der Waals surface area contributed by atoms with E-state index in [1.807, 2.05) is 16.8 Å². The van der Waals surface area contributed by atoms with Crippen LogP contribution in [0.15, 0.2) is 23.2 Å². The van der Waals surface area contributed by atoms with Crippen molar-refractivity contribution in [2.45, 2.75) is 13.8 Å².